The molecule has 1 amide bonds. The molecule has 0 spiro atoms. The minimum Gasteiger partial charge on any atom is -0.328 e. The van der Waals surface area contributed by atoms with Crippen LogP contribution in [0.2, 0.25) is 0 Å². The van der Waals surface area contributed by atoms with E-state index in [1.54, 1.807) is 11.0 Å². The van der Waals surface area contributed by atoms with Gasteiger partial charge in [-0.05, 0) is 36.9 Å². The highest BCUT2D eigenvalue weighted by molar-refractivity contribution is 6.03. The molecule has 0 atom stereocenters. The molecule has 0 saturated carbocycles. The van der Waals surface area contributed by atoms with Gasteiger partial charge in [0.15, 0.2) is 0 Å². The fraction of sp³-hybridized carbons (Fsp3) is 0.188. The molecule has 4 nitrogen and oxygen atoms in total. The SMILES string of the molecule is CNCc1ccc(N2CC(=O)Nc3ccccc32)c(F)c1. The second kappa shape index (κ2) is 5.54. The van der Waals surface area contributed by atoms with Crippen LogP contribution < -0.4 is 15.5 Å². The van der Waals surface area contributed by atoms with Gasteiger partial charge in [-0.2, -0.15) is 0 Å². The number of nitrogens with one attached hydrogen (secondary N) is 2. The number of para-hydroxylation sites is 2. The van der Waals surface area contributed by atoms with Gasteiger partial charge in [0.1, 0.15) is 12.4 Å². The standard InChI is InChI=1S/C16H16FN3O/c1-18-9-11-6-7-14(12(17)8-11)20-10-16(21)19-13-4-2-3-5-15(13)20/h2-8,18H,9-10H2,1H3,(H,19,21). The quantitative estimate of drug-likeness (QED) is 0.911. The number of hydrogen-bond donors (Lipinski definition) is 2. The van der Waals surface area contributed by atoms with E-state index in [0.717, 1.165) is 11.3 Å². The highest BCUT2D eigenvalue weighted by Crippen LogP contribution is 2.36. The summed E-state index contributed by atoms with van der Waals surface area (Å²) in [5.74, 6) is -0.473. The average molecular weight is 285 g/mol. The van der Waals surface area contributed by atoms with E-state index in [9.17, 15) is 9.18 Å². The van der Waals surface area contributed by atoms with Crippen LogP contribution in [0.5, 0.6) is 0 Å². The Balaban J connectivity index is 2.02. The Morgan fingerprint density at radius 3 is 2.81 bits per heavy atom. The molecule has 108 valence electrons. The molecule has 0 saturated heterocycles. The van der Waals surface area contributed by atoms with Crippen LogP contribution >= 0.6 is 0 Å². The van der Waals surface area contributed by atoms with Crippen molar-refractivity contribution < 1.29 is 9.18 Å². The van der Waals surface area contributed by atoms with Gasteiger partial charge in [-0.3, -0.25) is 4.79 Å². The van der Waals surface area contributed by atoms with E-state index in [4.69, 9.17) is 0 Å². The van der Waals surface area contributed by atoms with Crippen molar-refractivity contribution in [3.05, 3.63) is 53.8 Å². The number of rotatable bonds is 3. The molecule has 1 heterocycles. The van der Waals surface area contributed by atoms with Crippen molar-refractivity contribution in [1.82, 2.24) is 5.32 Å². The molecule has 5 heteroatoms. The summed E-state index contributed by atoms with van der Waals surface area (Å²) in [4.78, 5) is 13.5. The zero-order valence-corrected chi connectivity index (χ0v) is 11.7. The highest BCUT2D eigenvalue weighted by Gasteiger charge is 2.24. The summed E-state index contributed by atoms with van der Waals surface area (Å²) in [6, 6.07) is 12.5. The summed E-state index contributed by atoms with van der Waals surface area (Å²) in [5.41, 5.74) is 2.79. The Bertz CT molecular complexity index is 687. The van der Waals surface area contributed by atoms with E-state index in [2.05, 4.69) is 10.6 Å². The zero-order chi connectivity index (χ0) is 14.8. The molecule has 21 heavy (non-hydrogen) atoms. The summed E-state index contributed by atoms with van der Waals surface area (Å²) in [7, 11) is 1.82. The van der Waals surface area contributed by atoms with E-state index < -0.39 is 0 Å². The number of hydrogen-bond acceptors (Lipinski definition) is 3. The van der Waals surface area contributed by atoms with Crippen molar-refractivity contribution in [2.24, 2.45) is 0 Å². The van der Waals surface area contributed by atoms with Crippen LogP contribution in [0, 0.1) is 5.82 Å². The van der Waals surface area contributed by atoms with Gasteiger partial charge in [-0.15, -0.1) is 0 Å². The predicted octanol–water partition coefficient (Wildman–Crippen LogP) is 2.64. The second-order valence-electron chi connectivity index (χ2n) is 4.97. The third-order valence-electron chi connectivity index (χ3n) is 3.45. The van der Waals surface area contributed by atoms with Gasteiger partial charge < -0.3 is 15.5 Å². The third-order valence-corrected chi connectivity index (χ3v) is 3.45. The van der Waals surface area contributed by atoms with Crippen molar-refractivity contribution in [3.8, 4) is 0 Å². The monoisotopic (exact) mass is 285 g/mol. The lowest BCUT2D eigenvalue weighted by Crippen LogP contribution is -2.35. The zero-order valence-electron chi connectivity index (χ0n) is 11.7. The Hall–Kier alpha value is -2.40. The molecule has 0 aliphatic carbocycles. The third kappa shape index (κ3) is 2.60. The summed E-state index contributed by atoms with van der Waals surface area (Å²) >= 11 is 0. The molecule has 1 aliphatic heterocycles. The lowest BCUT2D eigenvalue weighted by atomic mass is 10.1. The molecule has 0 bridgehead atoms. The minimum atomic E-state index is -0.327. The first-order valence-electron chi connectivity index (χ1n) is 6.78. The number of amides is 1. The first-order valence-corrected chi connectivity index (χ1v) is 6.78. The van der Waals surface area contributed by atoms with Gasteiger partial charge in [0.2, 0.25) is 5.91 Å². The highest BCUT2D eigenvalue weighted by atomic mass is 19.1. The molecule has 2 N–H and O–H groups in total. The maximum Gasteiger partial charge on any atom is 0.244 e. The minimum absolute atomic E-state index is 0.110. The Labute approximate surface area is 122 Å². The molecule has 1 aliphatic rings. The maximum absolute atomic E-state index is 14.4. The van der Waals surface area contributed by atoms with Crippen molar-refractivity contribution in [1.29, 1.82) is 0 Å². The fourth-order valence-electron chi connectivity index (χ4n) is 2.53. The van der Waals surface area contributed by atoms with Gasteiger partial charge >= 0.3 is 0 Å². The van der Waals surface area contributed by atoms with Crippen molar-refractivity contribution in [3.63, 3.8) is 0 Å². The largest absolute Gasteiger partial charge is 0.328 e. The number of carbonyl (C=O) groups is 1. The molecule has 0 aromatic heterocycles. The van der Waals surface area contributed by atoms with Crippen LogP contribution in [-0.4, -0.2) is 19.5 Å². The van der Waals surface area contributed by atoms with E-state index >= 15 is 0 Å². The molecule has 0 radical (unpaired) electrons. The van der Waals surface area contributed by atoms with E-state index in [1.807, 2.05) is 37.4 Å². The Kier molecular flexibility index (Phi) is 3.58. The first-order chi connectivity index (χ1) is 10.2. The number of halogens is 1. The summed E-state index contributed by atoms with van der Waals surface area (Å²) in [6.45, 7) is 0.716. The topological polar surface area (TPSA) is 44.4 Å². The fourth-order valence-corrected chi connectivity index (χ4v) is 2.53. The molecule has 2 aromatic rings. The average Bonchev–Trinajstić information content (AvgIpc) is 2.47. The smallest absolute Gasteiger partial charge is 0.244 e. The molecule has 0 unspecified atom stereocenters. The van der Waals surface area contributed by atoms with Crippen LogP contribution in [0.4, 0.5) is 21.5 Å². The Morgan fingerprint density at radius 1 is 1.24 bits per heavy atom. The number of carbonyl (C=O) groups excluding carboxylic acids is 1. The molecular weight excluding hydrogens is 269 g/mol. The maximum atomic E-state index is 14.4. The van der Waals surface area contributed by atoms with Crippen molar-refractivity contribution >= 4 is 23.0 Å². The molecular formula is C16H16FN3O. The Morgan fingerprint density at radius 2 is 2.05 bits per heavy atom. The summed E-state index contributed by atoms with van der Waals surface area (Å²) in [6.07, 6.45) is 0. The van der Waals surface area contributed by atoms with Crippen LogP contribution in [0.15, 0.2) is 42.5 Å². The van der Waals surface area contributed by atoms with Crippen molar-refractivity contribution in [2.75, 3.05) is 23.8 Å². The van der Waals surface area contributed by atoms with Gasteiger partial charge in [0.25, 0.3) is 0 Å². The molecule has 0 fully saturated rings. The van der Waals surface area contributed by atoms with Gasteiger partial charge in [-0.1, -0.05) is 18.2 Å². The van der Waals surface area contributed by atoms with Crippen LogP contribution in [0.25, 0.3) is 0 Å². The first kappa shape index (κ1) is 13.6. The summed E-state index contributed by atoms with van der Waals surface area (Å²) in [5, 5.41) is 5.79. The number of anilines is 3. The number of fused-ring (bicyclic) bond motifs is 1. The number of benzene rings is 2. The molecule has 2 aromatic carbocycles. The second-order valence-corrected chi connectivity index (χ2v) is 4.97. The summed E-state index contributed by atoms with van der Waals surface area (Å²) < 4.78 is 14.4. The van der Waals surface area contributed by atoms with Crippen LogP contribution in [-0.2, 0) is 11.3 Å². The van der Waals surface area contributed by atoms with Gasteiger partial charge in [-0.25, -0.2) is 4.39 Å². The molecule has 3 rings (SSSR count). The van der Waals surface area contributed by atoms with Gasteiger partial charge in [0.05, 0.1) is 17.1 Å². The van der Waals surface area contributed by atoms with E-state index in [1.165, 1.54) is 6.07 Å². The van der Waals surface area contributed by atoms with E-state index in [0.29, 0.717) is 17.9 Å². The normalized spacial score (nSPS) is 13.8. The van der Waals surface area contributed by atoms with Crippen molar-refractivity contribution in [2.45, 2.75) is 6.54 Å². The van der Waals surface area contributed by atoms with Crippen LogP contribution in [0.3, 0.4) is 0 Å². The predicted molar refractivity (Wildman–Crippen MR) is 81.2 cm³/mol. The van der Waals surface area contributed by atoms with Crippen LogP contribution in [0.1, 0.15) is 5.56 Å². The lowest BCUT2D eigenvalue weighted by Gasteiger charge is -2.31. The lowest BCUT2D eigenvalue weighted by molar-refractivity contribution is -0.115. The van der Waals surface area contributed by atoms with E-state index in [-0.39, 0.29) is 18.3 Å². The van der Waals surface area contributed by atoms with Gasteiger partial charge in [0, 0.05) is 6.54 Å². The number of nitrogens with zero attached hydrogens (tertiary/aromatic N) is 1.